The minimum atomic E-state index is 0.921. The smallest absolute Gasteiger partial charge is 0.138 e. The van der Waals surface area contributed by atoms with E-state index in [2.05, 4.69) is 170 Å². The van der Waals surface area contributed by atoms with Crippen molar-refractivity contribution in [1.29, 1.82) is 0 Å². The van der Waals surface area contributed by atoms with E-state index in [1.54, 1.807) is 0 Å². The summed E-state index contributed by atoms with van der Waals surface area (Å²) in [6, 6.07) is 60.3. The van der Waals surface area contributed by atoms with Crippen LogP contribution in [0.1, 0.15) is 5.56 Å². The van der Waals surface area contributed by atoms with Crippen LogP contribution in [0.15, 0.2) is 174 Å². The van der Waals surface area contributed by atoms with Crippen LogP contribution in [0.4, 0.5) is 17.1 Å². The Bertz CT molecular complexity index is 2280. The van der Waals surface area contributed by atoms with Crippen LogP contribution in [-0.4, -0.2) is 0 Å². The molecular formula is C43H31NO. The molecule has 0 fully saturated rings. The normalized spacial score (nSPS) is 11.2. The summed E-state index contributed by atoms with van der Waals surface area (Å²) in [5.41, 5.74) is 11.2. The lowest BCUT2D eigenvalue weighted by molar-refractivity contribution is 0.629. The summed E-state index contributed by atoms with van der Waals surface area (Å²) in [5, 5.41) is 3.60. The highest BCUT2D eigenvalue weighted by atomic mass is 16.3. The highest BCUT2D eigenvalue weighted by Crippen LogP contribution is 2.42. The van der Waals surface area contributed by atoms with Gasteiger partial charge in [0.1, 0.15) is 11.3 Å². The van der Waals surface area contributed by atoms with Gasteiger partial charge in [0.2, 0.25) is 0 Å². The first-order valence-corrected chi connectivity index (χ1v) is 15.4. The number of benzene rings is 7. The molecule has 8 rings (SSSR count). The van der Waals surface area contributed by atoms with Gasteiger partial charge in [-0.05, 0) is 76.9 Å². The Labute approximate surface area is 263 Å². The van der Waals surface area contributed by atoms with Crippen LogP contribution in [0.5, 0.6) is 0 Å². The predicted molar refractivity (Wildman–Crippen MR) is 189 cm³/mol. The van der Waals surface area contributed by atoms with Crippen molar-refractivity contribution >= 4 is 38.8 Å². The zero-order valence-electron chi connectivity index (χ0n) is 25.0. The monoisotopic (exact) mass is 577 g/mol. The van der Waals surface area contributed by atoms with E-state index >= 15 is 0 Å². The number of anilines is 3. The van der Waals surface area contributed by atoms with E-state index in [0.717, 1.165) is 50.5 Å². The second kappa shape index (κ2) is 11.3. The lowest BCUT2D eigenvalue weighted by Gasteiger charge is -2.28. The molecule has 7 aromatic carbocycles. The van der Waals surface area contributed by atoms with Crippen molar-refractivity contribution in [1.82, 2.24) is 0 Å². The Morgan fingerprint density at radius 3 is 1.96 bits per heavy atom. The van der Waals surface area contributed by atoms with Crippen molar-refractivity contribution in [3.8, 4) is 33.6 Å². The second-order valence-corrected chi connectivity index (χ2v) is 11.4. The minimum absolute atomic E-state index is 0.921. The number of rotatable bonds is 6. The van der Waals surface area contributed by atoms with E-state index < -0.39 is 0 Å². The molecule has 0 saturated heterocycles. The van der Waals surface area contributed by atoms with Gasteiger partial charge >= 0.3 is 0 Å². The Balaban J connectivity index is 1.22. The average Bonchev–Trinajstić information content (AvgIpc) is 3.45. The maximum Gasteiger partial charge on any atom is 0.138 e. The van der Waals surface area contributed by atoms with Gasteiger partial charge in [0.05, 0.1) is 5.69 Å². The third-order valence-electron chi connectivity index (χ3n) is 8.65. The quantitative estimate of drug-likeness (QED) is 0.195. The Kier molecular flexibility index (Phi) is 6.73. The van der Waals surface area contributed by atoms with Crippen LogP contribution in [0, 0.1) is 6.92 Å². The summed E-state index contributed by atoms with van der Waals surface area (Å²) >= 11 is 0. The molecular weight excluding hydrogens is 546 g/mol. The van der Waals surface area contributed by atoms with E-state index in [1.165, 1.54) is 27.5 Å². The topological polar surface area (TPSA) is 16.4 Å². The molecule has 8 aromatic rings. The molecule has 0 aliphatic carbocycles. The largest absolute Gasteiger partial charge is 0.456 e. The van der Waals surface area contributed by atoms with Gasteiger partial charge in [0.25, 0.3) is 0 Å². The van der Waals surface area contributed by atoms with Crippen molar-refractivity contribution < 1.29 is 4.42 Å². The molecule has 45 heavy (non-hydrogen) atoms. The van der Waals surface area contributed by atoms with E-state index in [0.29, 0.717) is 0 Å². The summed E-state index contributed by atoms with van der Waals surface area (Å²) in [6.07, 6.45) is 0. The molecule has 0 radical (unpaired) electrons. The average molecular weight is 578 g/mol. The van der Waals surface area contributed by atoms with Gasteiger partial charge in [-0.25, -0.2) is 0 Å². The number of aryl methyl sites for hydroxylation is 1. The molecule has 0 aliphatic rings. The standard InChI is InChI=1S/C43H31NO/c1-30-39-18-8-10-21-42(39)45-43(30)36-17-11-16-34(28-36)32-22-25-37(26-23-32)44(38-27-24-31-12-5-6-15-35(31)29-38)41-20-9-7-19-40(41)33-13-3-2-4-14-33/h2-29H,1H3. The molecule has 0 aliphatic heterocycles. The molecule has 0 saturated carbocycles. The number of hydrogen-bond acceptors (Lipinski definition) is 2. The Hall–Kier alpha value is -5.86. The molecule has 2 nitrogen and oxygen atoms in total. The molecule has 0 atom stereocenters. The third kappa shape index (κ3) is 4.97. The van der Waals surface area contributed by atoms with Crippen molar-refractivity contribution in [2.75, 3.05) is 4.90 Å². The van der Waals surface area contributed by atoms with Crippen LogP contribution in [0.25, 0.3) is 55.3 Å². The van der Waals surface area contributed by atoms with Gasteiger partial charge < -0.3 is 9.32 Å². The number of para-hydroxylation sites is 2. The lowest BCUT2D eigenvalue weighted by Crippen LogP contribution is -2.11. The molecule has 214 valence electrons. The molecule has 0 bridgehead atoms. The van der Waals surface area contributed by atoms with Crippen LogP contribution in [0.3, 0.4) is 0 Å². The van der Waals surface area contributed by atoms with Crippen LogP contribution in [-0.2, 0) is 0 Å². The second-order valence-electron chi connectivity index (χ2n) is 11.4. The summed E-state index contributed by atoms with van der Waals surface area (Å²) < 4.78 is 6.30. The van der Waals surface area contributed by atoms with Gasteiger partial charge in [0, 0.05) is 33.5 Å². The van der Waals surface area contributed by atoms with Crippen LogP contribution < -0.4 is 4.90 Å². The van der Waals surface area contributed by atoms with E-state index in [-0.39, 0.29) is 0 Å². The van der Waals surface area contributed by atoms with Gasteiger partial charge in [-0.1, -0.05) is 127 Å². The maximum absolute atomic E-state index is 6.30. The van der Waals surface area contributed by atoms with Crippen molar-refractivity contribution in [2.45, 2.75) is 6.92 Å². The molecule has 0 spiro atoms. The van der Waals surface area contributed by atoms with Gasteiger partial charge in [-0.3, -0.25) is 0 Å². The molecule has 2 heteroatoms. The maximum atomic E-state index is 6.30. The highest BCUT2D eigenvalue weighted by molar-refractivity contribution is 5.93. The van der Waals surface area contributed by atoms with Crippen LogP contribution >= 0.6 is 0 Å². The van der Waals surface area contributed by atoms with E-state index in [1.807, 2.05) is 12.1 Å². The minimum Gasteiger partial charge on any atom is -0.456 e. The highest BCUT2D eigenvalue weighted by Gasteiger charge is 2.18. The first-order chi connectivity index (χ1) is 22.2. The first-order valence-electron chi connectivity index (χ1n) is 15.4. The molecule has 1 heterocycles. The molecule has 0 unspecified atom stereocenters. The lowest BCUT2D eigenvalue weighted by atomic mass is 9.99. The Morgan fingerprint density at radius 2 is 1.11 bits per heavy atom. The molecule has 1 aromatic heterocycles. The van der Waals surface area contributed by atoms with Gasteiger partial charge in [0.15, 0.2) is 0 Å². The molecule has 0 N–H and O–H groups in total. The molecule has 0 amide bonds. The number of hydrogen-bond donors (Lipinski definition) is 0. The summed E-state index contributed by atoms with van der Waals surface area (Å²) in [7, 11) is 0. The zero-order valence-corrected chi connectivity index (χ0v) is 25.0. The van der Waals surface area contributed by atoms with E-state index in [9.17, 15) is 0 Å². The predicted octanol–water partition coefficient (Wildman–Crippen LogP) is 12.4. The van der Waals surface area contributed by atoms with Crippen LogP contribution in [0.2, 0.25) is 0 Å². The van der Waals surface area contributed by atoms with Crippen molar-refractivity contribution in [3.05, 3.63) is 175 Å². The summed E-state index contributed by atoms with van der Waals surface area (Å²) in [6.45, 7) is 2.14. The van der Waals surface area contributed by atoms with E-state index in [4.69, 9.17) is 4.42 Å². The number of furan rings is 1. The fourth-order valence-corrected chi connectivity index (χ4v) is 6.37. The van der Waals surface area contributed by atoms with Gasteiger partial charge in [-0.15, -0.1) is 0 Å². The number of nitrogens with zero attached hydrogens (tertiary/aromatic N) is 1. The van der Waals surface area contributed by atoms with Crippen molar-refractivity contribution in [3.63, 3.8) is 0 Å². The SMILES string of the molecule is Cc1c(-c2cccc(-c3ccc(N(c4ccc5ccccc5c4)c4ccccc4-c4ccccc4)cc3)c2)oc2ccccc12. The number of fused-ring (bicyclic) bond motifs is 2. The summed E-state index contributed by atoms with van der Waals surface area (Å²) in [5.74, 6) is 0.926. The van der Waals surface area contributed by atoms with Crippen molar-refractivity contribution in [2.24, 2.45) is 0 Å². The fraction of sp³-hybridized carbons (Fsp3) is 0.0233. The summed E-state index contributed by atoms with van der Waals surface area (Å²) in [4.78, 5) is 2.37. The third-order valence-corrected chi connectivity index (χ3v) is 8.65. The fourth-order valence-electron chi connectivity index (χ4n) is 6.37. The van der Waals surface area contributed by atoms with Gasteiger partial charge in [-0.2, -0.15) is 0 Å². The Morgan fingerprint density at radius 1 is 0.444 bits per heavy atom. The first kappa shape index (κ1) is 26.7. The zero-order chi connectivity index (χ0) is 30.2.